The van der Waals surface area contributed by atoms with Crippen molar-refractivity contribution >= 4 is 28.7 Å². The van der Waals surface area contributed by atoms with Gasteiger partial charge in [-0.15, -0.1) is 11.8 Å². The zero-order chi connectivity index (χ0) is 18.4. The summed E-state index contributed by atoms with van der Waals surface area (Å²) in [5.74, 6) is 1.60. The second-order valence-electron chi connectivity index (χ2n) is 6.41. The van der Waals surface area contributed by atoms with Crippen molar-refractivity contribution in [3.05, 3.63) is 28.7 Å². The summed E-state index contributed by atoms with van der Waals surface area (Å²) < 4.78 is 7.28. The zero-order valence-corrected chi connectivity index (χ0v) is 15.7. The van der Waals surface area contributed by atoms with E-state index in [0.29, 0.717) is 24.4 Å². The molecule has 9 heteroatoms. The molecule has 3 N–H and O–H groups in total. The summed E-state index contributed by atoms with van der Waals surface area (Å²) in [6.45, 7) is 4.39. The van der Waals surface area contributed by atoms with E-state index in [9.17, 15) is 5.11 Å². The Hall–Kier alpha value is -2.39. The summed E-state index contributed by atoms with van der Waals surface area (Å²) in [6, 6.07) is 0. The van der Waals surface area contributed by atoms with Crippen LogP contribution < -0.4 is 10.5 Å². The summed E-state index contributed by atoms with van der Waals surface area (Å²) in [6.07, 6.45) is 1.80. The number of nitrogen functional groups attached to an aromatic ring is 1. The topological polar surface area (TPSA) is 112 Å². The normalized spacial score (nSPS) is 16.7. The van der Waals surface area contributed by atoms with Crippen LogP contribution in [0, 0.1) is 13.8 Å². The number of rotatable bonds is 3. The SMILES string of the molecule is COc1c(C)cnc(Cn2nc3c4c(nc(N)nc42)SCC(O)C3)c1C. The number of hydrogen-bond donors (Lipinski definition) is 2. The smallest absolute Gasteiger partial charge is 0.223 e. The molecule has 1 aliphatic heterocycles. The van der Waals surface area contributed by atoms with Crippen molar-refractivity contribution in [1.82, 2.24) is 24.7 Å². The number of aromatic nitrogens is 5. The molecule has 4 rings (SSSR count). The third-order valence-corrected chi connectivity index (χ3v) is 5.66. The lowest BCUT2D eigenvalue weighted by Crippen LogP contribution is -2.14. The molecule has 0 aromatic carbocycles. The number of aliphatic hydroxyl groups excluding tert-OH is 1. The van der Waals surface area contributed by atoms with Crippen molar-refractivity contribution in [2.75, 3.05) is 18.6 Å². The highest BCUT2D eigenvalue weighted by Gasteiger charge is 2.25. The van der Waals surface area contributed by atoms with Gasteiger partial charge in [0.15, 0.2) is 5.65 Å². The quantitative estimate of drug-likeness (QED) is 0.665. The van der Waals surface area contributed by atoms with E-state index in [4.69, 9.17) is 15.6 Å². The number of ether oxygens (including phenoxy) is 1. The van der Waals surface area contributed by atoms with Gasteiger partial charge in [0.2, 0.25) is 5.95 Å². The Balaban J connectivity index is 1.85. The van der Waals surface area contributed by atoms with Crippen LogP contribution in [0.4, 0.5) is 5.95 Å². The lowest BCUT2D eigenvalue weighted by atomic mass is 10.1. The molecule has 1 atom stereocenters. The van der Waals surface area contributed by atoms with Gasteiger partial charge in [0, 0.05) is 29.5 Å². The Bertz CT molecular complexity index is 1000. The molecule has 0 aliphatic carbocycles. The third-order valence-electron chi connectivity index (χ3n) is 4.54. The van der Waals surface area contributed by atoms with E-state index in [0.717, 1.165) is 38.7 Å². The molecule has 8 nitrogen and oxygen atoms in total. The molecule has 26 heavy (non-hydrogen) atoms. The van der Waals surface area contributed by atoms with E-state index in [2.05, 4.69) is 15.0 Å². The molecule has 3 aromatic heterocycles. The van der Waals surface area contributed by atoms with Gasteiger partial charge in [0.25, 0.3) is 0 Å². The second-order valence-corrected chi connectivity index (χ2v) is 7.41. The molecule has 0 spiro atoms. The Kier molecular flexibility index (Phi) is 4.20. The monoisotopic (exact) mass is 372 g/mol. The first-order valence-electron chi connectivity index (χ1n) is 8.30. The first kappa shape index (κ1) is 17.0. The highest BCUT2D eigenvalue weighted by molar-refractivity contribution is 7.99. The number of anilines is 1. The van der Waals surface area contributed by atoms with Crippen LogP contribution in [0.15, 0.2) is 11.2 Å². The summed E-state index contributed by atoms with van der Waals surface area (Å²) in [7, 11) is 1.66. The van der Waals surface area contributed by atoms with Gasteiger partial charge in [-0.2, -0.15) is 10.1 Å². The lowest BCUT2D eigenvalue weighted by Gasteiger charge is -2.13. The number of aliphatic hydroxyl groups is 1. The fourth-order valence-corrected chi connectivity index (χ4v) is 4.29. The molecule has 0 amide bonds. The molecule has 0 radical (unpaired) electrons. The van der Waals surface area contributed by atoms with Gasteiger partial charge in [-0.1, -0.05) is 0 Å². The maximum Gasteiger partial charge on any atom is 0.223 e. The molecular formula is C17H20N6O2S. The van der Waals surface area contributed by atoms with Gasteiger partial charge >= 0.3 is 0 Å². The van der Waals surface area contributed by atoms with Gasteiger partial charge in [-0.25, -0.2) is 9.67 Å². The van der Waals surface area contributed by atoms with E-state index < -0.39 is 6.10 Å². The number of thioether (sulfide) groups is 1. The summed E-state index contributed by atoms with van der Waals surface area (Å²) in [5.41, 5.74) is 10.2. The molecule has 3 aromatic rings. The summed E-state index contributed by atoms with van der Waals surface area (Å²) >= 11 is 1.49. The largest absolute Gasteiger partial charge is 0.496 e. The predicted molar refractivity (Wildman–Crippen MR) is 99.5 cm³/mol. The van der Waals surface area contributed by atoms with Crippen molar-refractivity contribution in [3.8, 4) is 5.75 Å². The Labute approximate surface area is 154 Å². The maximum absolute atomic E-state index is 10.1. The van der Waals surface area contributed by atoms with Crippen LogP contribution in [0.3, 0.4) is 0 Å². The van der Waals surface area contributed by atoms with Crippen LogP contribution in [-0.2, 0) is 13.0 Å². The Morgan fingerprint density at radius 1 is 1.38 bits per heavy atom. The number of nitrogens with two attached hydrogens (primary N) is 1. The van der Waals surface area contributed by atoms with Crippen molar-refractivity contribution in [2.24, 2.45) is 0 Å². The molecule has 136 valence electrons. The molecule has 0 saturated heterocycles. The van der Waals surface area contributed by atoms with Gasteiger partial charge in [-0.05, 0) is 13.8 Å². The lowest BCUT2D eigenvalue weighted by molar-refractivity contribution is 0.199. The zero-order valence-electron chi connectivity index (χ0n) is 14.9. The molecular weight excluding hydrogens is 352 g/mol. The first-order valence-corrected chi connectivity index (χ1v) is 9.29. The van der Waals surface area contributed by atoms with E-state index in [-0.39, 0.29) is 5.95 Å². The number of aryl methyl sites for hydroxylation is 1. The van der Waals surface area contributed by atoms with Crippen LogP contribution in [0.1, 0.15) is 22.5 Å². The summed E-state index contributed by atoms with van der Waals surface area (Å²) in [5, 5.41) is 16.5. The van der Waals surface area contributed by atoms with Crippen molar-refractivity contribution in [3.63, 3.8) is 0 Å². The van der Waals surface area contributed by atoms with Crippen molar-refractivity contribution in [2.45, 2.75) is 37.9 Å². The Morgan fingerprint density at radius 3 is 2.96 bits per heavy atom. The average Bonchev–Trinajstić information content (AvgIpc) is 2.83. The van der Waals surface area contributed by atoms with Crippen LogP contribution in [0.5, 0.6) is 5.75 Å². The minimum absolute atomic E-state index is 0.204. The standard InChI is InChI=1S/C17H20N6O2S/c1-8-5-19-12(9(2)14(8)25-3)6-23-15-13-11(22-23)4-10(24)7-26-16(13)21-17(18)20-15/h5,10,24H,4,6-7H2,1-3H3,(H2,18,20,21). The second kappa shape index (κ2) is 6.40. The maximum atomic E-state index is 10.1. The van der Waals surface area contributed by atoms with Crippen molar-refractivity contribution < 1.29 is 9.84 Å². The minimum Gasteiger partial charge on any atom is -0.496 e. The number of hydrogen-bond acceptors (Lipinski definition) is 8. The molecule has 0 fully saturated rings. The molecule has 1 aliphatic rings. The van der Waals surface area contributed by atoms with Gasteiger partial charge in [0.05, 0.1) is 36.5 Å². The fraction of sp³-hybridized carbons (Fsp3) is 0.412. The van der Waals surface area contributed by atoms with E-state index in [1.165, 1.54) is 11.8 Å². The Morgan fingerprint density at radius 2 is 2.19 bits per heavy atom. The van der Waals surface area contributed by atoms with Crippen molar-refractivity contribution in [1.29, 1.82) is 0 Å². The van der Waals surface area contributed by atoms with E-state index in [1.54, 1.807) is 18.0 Å². The molecule has 0 saturated carbocycles. The van der Waals surface area contributed by atoms with Crippen LogP contribution >= 0.6 is 11.8 Å². The summed E-state index contributed by atoms with van der Waals surface area (Å²) in [4.78, 5) is 13.3. The minimum atomic E-state index is -0.471. The molecule has 1 unspecified atom stereocenters. The number of methoxy groups -OCH3 is 1. The highest BCUT2D eigenvalue weighted by Crippen LogP contribution is 2.34. The molecule has 0 bridgehead atoms. The van der Waals surface area contributed by atoms with E-state index >= 15 is 0 Å². The fourth-order valence-electron chi connectivity index (χ4n) is 3.31. The van der Waals surface area contributed by atoms with Gasteiger partial charge in [-0.3, -0.25) is 4.98 Å². The molecule has 4 heterocycles. The predicted octanol–water partition coefficient (Wildman–Crippen LogP) is 1.49. The average molecular weight is 372 g/mol. The third kappa shape index (κ3) is 2.77. The highest BCUT2D eigenvalue weighted by atomic mass is 32.2. The van der Waals surface area contributed by atoms with Crippen LogP contribution in [0.25, 0.3) is 11.0 Å². The number of pyridine rings is 1. The van der Waals surface area contributed by atoms with E-state index in [1.807, 2.05) is 13.8 Å². The first-order chi connectivity index (χ1) is 12.5. The van der Waals surface area contributed by atoms with Crippen LogP contribution in [-0.4, -0.2) is 48.8 Å². The van der Waals surface area contributed by atoms with Gasteiger partial charge in [0.1, 0.15) is 10.8 Å². The number of nitrogens with zero attached hydrogens (tertiary/aromatic N) is 5. The van der Waals surface area contributed by atoms with Gasteiger partial charge < -0.3 is 15.6 Å². The van der Waals surface area contributed by atoms with Crippen LogP contribution in [0.2, 0.25) is 0 Å².